The predicted molar refractivity (Wildman–Crippen MR) is 110 cm³/mol. The molecule has 0 aromatic carbocycles. The van der Waals surface area contributed by atoms with Gasteiger partial charge in [-0.25, -0.2) is 0 Å². The van der Waals surface area contributed by atoms with E-state index in [0.717, 1.165) is 10.2 Å². The molecule has 1 heterocycles. The summed E-state index contributed by atoms with van der Waals surface area (Å²) < 4.78 is 0.326. The molecule has 0 aromatic rings. The van der Waals surface area contributed by atoms with Crippen molar-refractivity contribution in [2.24, 2.45) is 0 Å². The zero-order chi connectivity index (χ0) is 13.1. The van der Waals surface area contributed by atoms with Gasteiger partial charge in [-0.2, -0.15) is 48.8 Å². The van der Waals surface area contributed by atoms with Crippen molar-refractivity contribution < 1.29 is 0 Å². The van der Waals surface area contributed by atoms with Crippen LogP contribution in [0.2, 0.25) is 0 Å². The van der Waals surface area contributed by atoms with Crippen LogP contribution in [0.1, 0.15) is 12.8 Å². The second-order valence-electron chi connectivity index (χ2n) is 3.39. The summed E-state index contributed by atoms with van der Waals surface area (Å²) in [5.41, 5.74) is 0. The molecule has 0 spiro atoms. The molecule has 0 bridgehead atoms. The van der Waals surface area contributed by atoms with Gasteiger partial charge in [0.2, 0.25) is 0 Å². The lowest BCUT2D eigenvalue weighted by molar-refractivity contribution is 1.11. The lowest BCUT2D eigenvalue weighted by Gasteiger charge is -2.34. The van der Waals surface area contributed by atoms with Crippen LogP contribution in [0.3, 0.4) is 0 Å². The van der Waals surface area contributed by atoms with Gasteiger partial charge in [0.25, 0.3) is 0 Å². The second-order valence-corrected chi connectivity index (χ2v) is 14.0. The quantitative estimate of drug-likeness (QED) is 0.281. The topological polar surface area (TPSA) is 0 Å². The highest BCUT2D eigenvalue weighted by molar-refractivity contribution is 8.50. The number of thiol groups is 2. The minimum atomic E-state index is 0.326. The van der Waals surface area contributed by atoms with Crippen LogP contribution in [0.4, 0.5) is 0 Å². The van der Waals surface area contributed by atoms with Crippen molar-refractivity contribution in [1.82, 2.24) is 0 Å². The van der Waals surface area contributed by atoms with Crippen LogP contribution in [0.25, 0.3) is 0 Å². The molecule has 0 N–H and O–H groups in total. The average molecular weight is 397 g/mol. The molecule has 1 aliphatic heterocycles. The maximum Gasteiger partial charge on any atom is 0.155 e. The van der Waals surface area contributed by atoms with E-state index in [1.807, 2.05) is 23.5 Å². The van der Waals surface area contributed by atoms with Crippen molar-refractivity contribution in [2.45, 2.75) is 15.6 Å². The Hall–Kier alpha value is 2.80. The van der Waals surface area contributed by atoms with Crippen LogP contribution in [0, 0.1) is 0 Å². The first-order chi connectivity index (χ1) is 8.83. The van der Waals surface area contributed by atoms with Crippen LogP contribution in [0.15, 0.2) is 0 Å². The third kappa shape index (κ3) is 8.29. The summed E-state index contributed by atoms with van der Waals surface area (Å²) in [6.07, 6.45) is 2.67. The van der Waals surface area contributed by atoms with Crippen LogP contribution < -0.4 is 0 Å². The lowest BCUT2D eigenvalue weighted by Crippen LogP contribution is -2.17. The average Bonchev–Trinajstić information content (AvgIpc) is 2.39. The summed E-state index contributed by atoms with van der Waals surface area (Å²) in [5.74, 6) is 5.15. The highest BCUT2D eigenvalue weighted by Gasteiger charge is 2.34. The zero-order valence-electron chi connectivity index (χ0n) is 10.2. The van der Waals surface area contributed by atoms with Gasteiger partial charge >= 0.3 is 0 Å². The fourth-order valence-electron chi connectivity index (χ4n) is 1.28. The van der Waals surface area contributed by atoms with Gasteiger partial charge in [0, 0.05) is 15.3 Å². The Morgan fingerprint density at radius 1 is 0.944 bits per heavy atom. The number of hydrogen-bond acceptors (Lipinski definition) is 8. The van der Waals surface area contributed by atoms with Gasteiger partial charge in [-0.05, 0) is 35.9 Å². The second kappa shape index (κ2) is 12.4. The summed E-state index contributed by atoms with van der Waals surface area (Å²) in [4.78, 5) is 0. The molecule has 0 saturated carbocycles. The Bertz CT molecular complexity index is 189. The molecule has 0 aliphatic carbocycles. The molecule has 18 heavy (non-hydrogen) atoms. The van der Waals surface area contributed by atoms with Crippen LogP contribution in [-0.4, -0.2) is 41.0 Å². The predicted octanol–water partition coefficient (Wildman–Crippen LogP) is 5.52. The highest BCUT2D eigenvalue weighted by atomic mass is 32.3. The van der Waals surface area contributed by atoms with E-state index in [0.29, 0.717) is 2.74 Å². The van der Waals surface area contributed by atoms with Crippen molar-refractivity contribution >= 4 is 95.8 Å². The summed E-state index contributed by atoms with van der Waals surface area (Å²) in [7, 11) is 0. The van der Waals surface area contributed by atoms with Crippen molar-refractivity contribution in [2.75, 3.05) is 38.3 Å². The fourth-order valence-corrected chi connectivity index (χ4v) is 12.2. The maximum absolute atomic E-state index is 4.39. The molecule has 0 unspecified atom stereocenters. The third-order valence-electron chi connectivity index (χ3n) is 2.08. The van der Waals surface area contributed by atoms with E-state index in [-0.39, 0.29) is 0 Å². The van der Waals surface area contributed by atoms with E-state index in [9.17, 15) is 0 Å². The van der Waals surface area contributed by atoms with Gasteiger partial charge in [0.05, 0.1) is 0 Å². The van der Waals surface area contributed by atoms with Crippen molar-refractivity contribution in [1.29, 1.82) is 0 Å². The van der Waals surface area contributed by atoms with Gasteiger partial charge in [0.1, 0.15) is 0 Å². The molecule has 1 fully saturated rings. The summed E-state index contributed by atoms with van der Waals surface area (Å²) in [5, 5.41) is 3.09. The summed E-state index contributed by atoms with van der Waals surface area (Å²) >= 11 is 21.0. The molecule has 1 rings (SSSR count). The van der Waals surface area contributed by atoms with Gasteiger partial charge in [-0.3, -0.25) is 0 Å². The molecule has 1 aliphatic rings. The molecule has 8 heteroatoms. The third-order valence-corrected chi connectivity index (χ3v) is 12.3. The van der Waals surface area contributed by atoms with Gasteiger partial charge in [0.15, 0.2) is 2.74 Å². The number of rotatable bonds is 10. The number of thioether (sulfide) groups is 6. The minimum absolute atomic E-state index is 0.326. The molecule has 108 valence electrons. The Morgan fingerprint density at radius 2 is 1.67 bits per heavy atom. The standard InChI is InChI=1S/C10H20S8/c11-7-13-3-1-4-14-9-18-10(17-8-12)15-5-2-6-16-10/h11-12H,1-9H2. The van der Waals surface area contributed by atoms with E-state index in [1.165, 1.54) is 40.9 Å². The van der Waals surface area contributed by atoms with Crippen LogP contribution in [0.5, 0.6) is 0 Å². The first kappa shape index (κ1) is 18.8. The molecule has 0 nitrogen and oxygen atoms in total. The minimum Gasteiger partial charge on any atom is -0.168 e. The lowest BCUT2D eigenvalue weighted by atomic mass is 10.6. The van der Waals surface area contributed by atoms with E-state index < -0.39 is 0 Å². The Balaban J connectivity index is 2.10. The van der Waals surface area contributed by atoms with Gasteiger partial charge < -0.3 is 0 Å². The molecular formula is C10H20S8. The molecule has 1 saturated heterocycles. The van der Waals surface area contributed by atoms with Crippen LogP contribution >= 0.6 is 95.8 Å². The molecule has 0 amide bonds. The smallest absolute Gasteiger partial charge is 0.155 e. The highest BCUT2D eigenvalue weighted by Crippen LogP contribution is 2.58. The molecular weight excluding hydrogens is 377 g/mol. The van der Waals surface area contributed by atoms with E-state index in [1.54, 1.807) is 0 Å². The largest absolute Gasteiger partial charge is 0.168 e. The van der Waals surface area contributed by atoms with E-state index in [4.69, 9.17) is 0 Å². The Kier molecular flexibility index (Phi) is 12.9. The van der Waals surface area contributed by atoms with Gasteiger partial charge in [-0.15, -0.1) is 47.0 Å². The SMILES string of the molecule is SCSCCCSCSC1(SCS)SCCCS1. The number of hydrogen-bond donors (Lipinski definition) is 2. The molecule has 0 radical (unpaired) electrons. The Labute approximate surface area is 148 Å². The molecule has 0 atom stereocenters. The normalized spacial score (nSPS) is 19.0. The monoisotopic (exact) mass is 396 g/mol. The van der Waals surface area contributed by atoms with Crippen LogP contribution in [-0.2, 0) is 0 Å². The summed E-state index contributed by atoms with van der Waals surface area (Å²) in [6, 6.07) is 0. The van der Waals surface area contributed by atoms with E-state index in [2.05, 4.69) is 72.3 Å². The van der Waals surface area contributed by atoms with E-state index >= 15 is 0 Å². The van der Waals surface area contributed by atoms with Crippen molar-refractivity contribution in [3.05, 3.63) is 0 Å². The maximum atomic E-state index is 4.39. The van der Waals surface area contributed by atoms with Gasteiger partial charge in [-0.1, -0.05) is 0 Å². The molecule has 0 aromatic heterocycles. The fraction of sp³-hybridized carbons (Fsp3) is 1.00. The zero-order valence-corrected chi connectivity index (χ0v) is 16.9. The van der Waals surface area contributed by atoms with Crippen molar-refractivity contribution in [3.63, 3.8) is 0 Å². The summed E-state index contributed by atoms with van der Waals surface area (Å²) in [6.45, 7) is 0. The first-order valence-electron chi connectivity index (χ1n) is 5.76. The van der Waals surface area contributed by atoms with Crippen molar-refractivity contribution in [3.8, 4) is 0 Å². The first-order valence-corrected chi connectivity index (χ1v) is 13.3. The Morgan fingerprint density at radius 3 is 2.33 bits per heavy atom.